The fourth-order valence-corrected chi connectivity index (χ4v) is 4.92. The van der Waals surface area contributed by atoms with E-state index in [-0.39, 0.29) is 12.3 Å². The Morgan fingerprint density at radius 2 is 1.47 bits per heavy atom. The summed E-state index contributed by atoms with van der Waals surface area (Å²) in [5.74, 6) is 0. The van der Waals surface area contributed by atoms with E-state index < -0.39 is 8.80 Å². The van der Waals surface area contributed by atoms with E-state index >= 15 is 0 Å². The van der Waals surface area contributed by atoms with Crippen LogP contribution in [0.5, 0.6) is 0 Å². The molecule has 0 amide bonds. The molecule has 0 bridgehead atoms. The molecule has 0 saturated carbocycles. The molecule has 0 N–H and O–H groups in total. The monoisotopic (exact) mass is 686 g/mol. The molecule has 0 heterocycles. The molecule has 9 heteroatoms. The Balaban J connectivity index is -0.000000448. The van der Waals surface area contributed by atoms with E-state index in [0.29, 0.717) is 5.25 Å². The summed E-state index contributed by atoms with van der Waals surface area (Å²) in [6, 6.07) is 0.894. The Bertz CT molecular complexity index is 180. The first-order valence-corrected chi connectivity index (χ1v) is 22.1. The number of hydrogen-bond acceptors (Lipinski definition) is 4. The van der Waals surface area contributed by atoms with E-state index in [1.165, 1.54) is 12.8 Å². The van der Waals surface area contributed by atoms with Gasteiger partial charge in [-0.15, -0.1) is 0 Å². The summed E-state index contributed by atoms with van der Waals surface area (Å²) in [6.45, 7) is 2.19. The molecule has 1 unspecified atom stereocenters. The van der Waals surface area contributed by atoms with Crippen molar-refractivity contribution in [3.8, 4) is 0 Å². The first-order valence-electron chi connectivity index (χ1n) is 5.37. The topological polar surface area (TPSA) is 27.7 Å². The molecule has 0 rings (SSSR count). The molecule has 0 aromatic carbocycles. The summed E-state index contributed by atoms with van der Waals surface area (Å²) >= 11 is 9.25. The predicted octanol–water partition coefficient (Wildman–Crippen LogP) is 5.69. The fraction of sp³-hybridized carbons (Fsp3) is 1.00. The summed E-state index contributed by atoms with van der Waals surface area (Å²) in [4.78, 5) is -0.278. The van der Waals surface area contributed by atoms with Gasteiger partial charge in [-0.2, -0.15) is 11.8 Å². The van der Waals surface area contributed by atoms with E-state index in [4.69, 9.17) is 13.3 Å². The van der Waals surface area contributed by atoms with Gasteiger partial charge >= 0.3 is 73.7 Å². The zero-order valence-corrected chi connectivity index (χ0v) is 21.1. The van der Waals surface area contributed by atoms with E-state index in [0.717, 1.165) is 6.04 Å². The van der Waals surface area contributed by atoms with Crippen LogP contribution in [-0.2, 0) is 18.2 Å². The van der Waals surface area contributed by atoms with Gasteiger partial charge in [0.25, 0.3) is 0 Å². The molecule has 0 aliphatic carbocycles. The van der Waals surface area contributed by atoms with Gasteiger partial charge in [0, 0.05) is 32.6 Å². The molecule has 19 heavy (non-hydrogen) atoms. The molecular formula is C10H26I3O3SSiV. The third-order valence-electron chi connectivity index (χ3n) is 2.35. The van der Waals surface area contributed by atoms with Crippen molar-refractivity contribution in [2.75, 3.05) is 27.6 Å². The molecule has 120 valence electrons. The van der Waals surface area contributed by atoms with E-state index in [1.807, 2.05) is 11.8 Å². The summed E-state index contributed by atoms with van der Waals surface area (Å²) < 4.78 is 16.2. The quantitative estimate of drug-likeness (QED) is 0.243. The van der Waals surface area contributed by atoms with Gasteiger partial charge in [-0.05, 0) is 12.7 Å². The number of thioether (sulfide) groups is 1. The second-order valence-electron chi connectivity index (χ2n) is 3.34. The van der Waals surface area contributed by atoms with Crippen LogP contribution >= 0.6 is 71.7 Å². The second kappa shape index (κ2) is 17.6. The Morgan fingerprint density at radius 1 is 1.11 bits per heavy atom. The maximum absolute atomic E-state index is 5.40. The van der Waals surface area contributed by atoms with Gasteiger partial charge in [-0.1, -0.05) is 20.8 Å². The van der Waals surface area contributed by atoms with Crippen LogP contribution in [0, 0.1) is 0 Å². The summed E-state index contributed by atoms with van der Waals surface area (Å²) in [7, 11) is 2.65. The van der Waals surface area contributed by atoms with Gasteiger partial charge < -0.3 is 13.3 Å². The molecule has 1 atom stereocenters. The SMILES string of the molecule is C.CCCC(C[Si](OC)(OC)OC)SC.[I][V]([I])[I]. The van der Waals surface area contributed by atoms with Crippen LogP contribution in [-0.4, -0.2) is 41.6 Å². The number of rotatable bonds is 8. The standard InChI is InChI=1S/C9H22O3SSi.CH4.3HI.V/c1-6-7-9(13-5)8-14(10-2,11-3)12-4;;;;;/h9H,6-8H2,1-5H3;1H4;3*1H;/q;;;;;+3/p-3. The van der Waals surface area contributed by atoms with Crippen LogP contribution in [0.2, 0.25) is 6.04 Å². The van der Waals surface area contributed by atoms with Crippen molar-refractivity contribution in [1.29, 1.82) is 0 Å². The normalized spacial score (nSPS) is 12.5. The number of halogens is 3. The molecule has 0 fully saturated rings. The Morgan fingerprint density at radius 3 is 1.68 bits per heavy atom. The average molecular weight is 686 g/mol. The average Bonchev–Trinajstić information content (AvgIpc) is 2.34. The Kier molecular flexibility index (Phi) is 25.1. The minimum atomic E-state index is -2.36. The van der Waals surface area contributed by atoms with Crippen molar-refractivity contribution >= 4 is 80.5 Å². The van der Waals surface area contributed by atoms with Crippen molar-refractivity contribution in [2.24, 2.45) is 0 Å². The van der Waals surface area contributed by atoms with Gasteiger partial charge in [0.15, 0.2) is 0 Å². The first kappa shape index (κ1) is 27.1. The molecule has 0 aliphatic heterocycles. The molecule has 0 radical (unpaired) electrons. The molecule has 0 aliphatic rings. The maximum atomic E-state index is 5.40. The third kappa shape index (κ3) is 15.9. The molecule has 0 saturated heterocycles. The zero-order valence-electron chi connectivity index (χ0n) is 11.4. The van der Waals surface area contributed by atoms with E-state index in [9.17, 15) is 0 Å². The molecule has 0 aromatic rings. The van der Waals surface area contributed by atoms with Gasteiger partial charge in [-0.25, -0.2) is 0 Å². The van der Waals surface area contributed by atoms with E-state index in [2.05, 4.69) is 73.1 Å². The fourth-order valence-electron chi connectivity index (χ4n) is 1.40. The molecule has 3 nitrogen and oxygen atoms in total. The summed E-state index contributed by atoms with van der Waals surface area (Å²) in [6.07, 6.45) is 4.50. The number of hydrogen-bond donors (Lipinski definition) is 0. The first-order chi connectivity index (χ1) is 8.41. The van der Waals surface area contributed by atoms with Crippen LogP contribution in [0.1, 0.15) is 27.2 Å². The van der Waals surface area contributed by atoms with Crippen molar-refractivity contribution in [3.05, 3.63) is 0 Å². The van der Waals surface area contributed by atoms with Gasteiger partial charge in [0.1, 0.15) is 0 Å². The van der Waals surface area contributed by atoms with Crippen molar-refractivity contribution in [1.82, 2.24) is 0 Å². The van der Waals surface area contributed by atoms with Crippen molar-refractivity contribution in [2.45, 2.75) is 38.5 Å². The van der Waals surface area contributed by atoms with Crippen LogP contribution in [0.3, 0.4) is 0 Å². The van der Waals surface area contributed by atoms with Gasteiger partial charge in [-0.3, -0.25) is 0 Å². The molecule has 0 spiro atoms. The Labute approximate surface area is 162 Å². The zero-order chi connectivity index (χ0) is 14.6. The van der Waals surface area contributed by atoms with Crippen LogP contribution < -0.4 is 0 Å². The van der Waals surface area contributed by atoms with Gasteiger partial charge in [0.2, 0.25) is 0 Å². The molecule has 0 aromatic heterocycles. The summed E-state index contributed by atoms with van der Waals surface area (Å²) in [5, 5.41) is 0.575. The van der Waals surface area contributed by atoms with Crippen molar-refractivity contribution < 1.29 is 18.2 Å². The molecular weight excluding hydrogens is 660 g/mol. The minimum absolute atomic E-state index is 0. The van der Waals surface area contributed by atoms with Gasteiger partial charge in [0.05, 0.1) is 0 Å². The Hall–Kier alpha value is 3.22. The van der Waals surface area contributed by atoms with E-state index in [1.54, 1.807) is 21.3 Å². The summed E-state index contributed by atoms with van der Waals surface area (Å²) in [5.41, 5.74) is 0. The van der Waals surface area contributed by atoms with Crippen LogP contribution in [0.25, 0.3) is 0 Å². The third-order valence-corrected chi connectivity index (χ3v) is 6.58. The predicted molar refractivity (Wildman–Crippen MR) is 113 cm³/mol. The second-order valence-corrected chi connectivity index (χ2v) is 42.8. The van der Waals surface area contributed by atoms with Crippen LogP contribution in [0.15, 0.2) is 0 Å². The van der Waals surface area contributed by atoms with Crippen LogP contribution in [0.4, 0.5) is 0 Å². The van der Waals surface area contributed by atoms with Crippen molar-refractivity contribution in [3.63, 3.8) is 0 Å².